The van der Waals surface area contributed by atoms with Crippen LogP contribution in [-0.4, -0.2) is 61.0 Å². The SMILES string of the molecule is CNC(=O)N1CC[N-]CC1c1ccccc1C.C[C-](CCO)CCO.[K+]. The summed E-state index contributed by atoms with van der Waals surface area (Å²) < 4.78 is 0. The molecule has 0 radical (unpaired) electrons. The molecule has 2 rings (SSSR count). The van der Waals surface area contributed by atoms with Gasteiger partial charge in [-0.15, -0.1) is 13.1 Å². The van der Waals surface area contributed by atoms with E-state index in [1.165, 1.54) is 11.1 Å². The van der Waals surface area contributed by atoms with E-state index in [1.807, 2.05) is 24.0 Å². The van der Waals surface area contributed by atoms with Crippen molar-refractivity contribution in [2.24, 2.45) is 0 Å². The van der Waals surface area contributed by atoms with Gasteiger partial charge in [-0.2, -0.15) is 19.8 Å². The van der Waals surface area contributed by atoms with Gasteiger partial charge in [-0.1, -0.05) is 24.3 Å². The number of amides is 2. The van der Waals surface area contributed by atoms with Gasteiger partial charge in [-0.25, -0.2) is 4.79 Å². The second kappa shape index (κ2) is 15.0. The molecule has 1 aliphatic rings. The first-order chi connectivity index (χ1) is 12.0. The van der Waals surface area contributed by atoms with Gasteiger partial charge in [0.2, 0.25) is 0 Å². The predicted molar refractivity (Wildman–Crippen MR) is 100 cm³/mol. The van der Waals surface area contributed by atoms with Crippen LogP contribution in [0.25, 0.3) is 5.32 Å². The fourth-order valence-corrected chi connectivity index (χ4v) is 2.77. The first kappa shape index (κ1) is 26.0. The number of hydrogen-bond donors (Lipinski definition) is 3. The fraction of sp³-hybridized carbons (Fsp3) is 0.579. The standard InChI is InChI=1S/C13H18N3O.C6H13O2.K/c1-10-5-3-4-6-11(10)12-9-15-7-8-16(12)13(17)14-2;1-6(2-4-7)3-5-8;/h3-6,12H,7-9H2,1-2H3,(H,14,17);7-8H,2-5H2,1H3;/q2*-1;+1. The van der Waals surface area contributed by atoms with Crippen molar-refractivity contribution < 1.29 is 66.4 Å². The first-order valence-corrected chi connectivity index (χ1v) is 8.75. The van der Waals surface area contributed by atoms with Crippen molar-refractivity contribution in [3.05, 3.63) is 46.6 Å². The molecule has 26 heavy (non-hydrogen) atoms. The van der Waals surface area contributed by atoms with Crippen LogP contribution in [0.4, 0.5) is 4.79 Å². The number of nitrogens with zero attached hydrogens (tertiary/aromatic N) is 2. The summed E-state index contributed by atoms with van der Waals surface area (Å²) in [6, 6.07) is 8.24. The number of aliphatic hydroxyl groups excluding tert-OH is 2. The van der Waals surface area contributed by atoms with E-state index >= 15 is 0 Å². The number of urea groups is 1. The number of carbonyl (C=O) groups is 1. The van der Waals surface area contributed by atoms with Crippen molar-refractivity contribution in [1.29, 1.82) is 0 Å². The quantitative estimate of drug-likeness (QED) is 0.466. The van der Waals surface area contributed by atoms with Crippen molar-refractivity contribution in [3.8, 4) is 0 Å². The zero-order valence-electron chi connectivity index (χ0n) is 16.5. The molecule has 0 bridgehead atoms. The summed E-state index contributed by atoms with van der Waals surface area (Å²) in [6.07, 6.45) is 1.45. The first-order valence-electron chi connectivity index (χ1n) is 8.75. The number of piperazine rings is 1. The van der Waals surface area contributed by atoms with E-state index in [9.17, 15) is 4.79 Å². The molecule has 1 fully saturated rings. The number of benzene rings is 1. The summed E-state index contributed by atoms with van der Waals surface area (Å²) in [7, 11) is 1.67. The van der Waals surface area contributed by atoms with Gasteiger partial charge in [0, 0.05) is 32.8 Å². The van der Waals surface area contributed by atoms with Crippen LogP contribution in [0.5, 0.6) is 0 Å². The van der Waals surface area contributed by atoms with E-state index in [2.05, 4.69) is 29.7 Å². The Bertz CT molecular complexity index is 511. The molecule has 1 aromatic rings. The number of rotatable bonds is 5. The fourth-order valence-electron chi connectivity index (χ4n) is 2.77. The largest absolute Gasteiger partial charge is 1.00 e. The summed E-state index contributed by atoms with van der Waals surface area (Å²) in [5.74, 6) is 1.16. The number of hydrogen-bond acceptors (Lipinski definition) is 3. The molecule has 1 saturated heterocycles. The van der Waals surface area contributed by atoms with Crippen LogP contribution in [0.15, 0.2) is 24.3 Å². The molecule has 1 atom stereocenters. The van der Waals surface area contributed by atoms with E-state index < -0.39 is 0 Å². The average molecular weight is 389 g/mol. The third kappa shape index (κ3) is 8.80. The van der Waals surface area contributed by atoms with E-state index in [1.54, 1.807) is 7.05 Å². The molecule has 3 N–H and O–H groups in total. The smallest absolute Gasteiger partial charge is 0.659 e. The molecular weight excluding hydrogens is 357 g/mol. The van der Waals surface area contributed by atoms with E-state index in [4.69, 9.17) is 10.2 Å². The Balaban J connectivity index is 0.000000597. The van der Waals surface area contributed by atoms with Gasteiger partial charge in [-0.05, 0) is 18.1 Å². The molecule has 0 aliphatic carbocycles. The van der Waals surface area contributed by atoms with Gasteiger partial charge in [0.25, 0.3) is 0 Å². The number of aliphatic hydroxyl groups is 2. The van der Waals surface area contributed by atoms with Crippen LogP contribution in [-0.2, 0) is 0 Å². The molecule has 1 unspecified atom stereocenters. The predicted octanol–water partition coefficient (Wildman–Crippen LogP) is -0.586. The van der Waals surface area contributed by atoms with Crippen LogP contribution in [0.3, 0.4) is 0 Å². The molecule has 7 heteroatoms. The summed E-state index contributed by atoms with van der Waals surface area (Å²) >= 11 is 0. The van der Waals surface area contributed by atoms with Crippen LogP contribution < -0.4 is 56.7 Å². The summed E-state index contributed by atoms with van der Waals surface area (Å²) in [6.45, 7) is 6.53. The third-order valence-corrected chi connectivity index (χ3v) is 4.28. The number of aryl methyl sites for hydroxylation is 1. The summed E-state index contributed by atoms with van der Waals surface area (Å²) in [5.41, 5.74) is 2.41. The monoisotopic (exact) mass is 388 g/mol. The zero-order valence-corrected chi connectivity index (χ0v) is 19.7. The summed E-state index contributed by atoms with van der Waals surface area (Å²) in [4.78, 5) is 13.7. The normalized spacial score (nSPS) is 16.4. The van der Waals surface area contributed by atoms with E-state index in [0.717, 1.165) is 25.3 Å². The molecule has 2 amide bonds. The van der Waals surface area contributed by atoms with Crippen LogP contribution in [0.1, 0.15) is 36.9 Å². The Hall–Kier alpha value is 0.00636. The average Bonchev–Trinajstić information content (AvgIpc) is 2.62. The molecule has 0 aromatic heterocycles. The molecule has 1 aromatic carbocycles. The Labute approximate surface area is 200 Å². The van der Waals surface area contributed by atoms with Gasteiger partial charge in [0.05, 0.1) is 0 Å². The molecule has 0 spiro atoms. The van der Waals surface area contributed by atoms with Crippen molar-refractivity contribution in [2.75, 3.05) is 39.9 Å². The molecule has 0 saturated carbocycles. The van der Waals surface area contributed by atoms with Crippen molar-refractivity contribution in [3.63, 3.8) is 0 Å². The Morgan fingerprint density at radius 1 is 1.31 bits per heavy atom. The Morgan fingerprint density at radius 3 is 2.46 bits per heavy atom. The minimum absolute atomic E-state index is 0. The Morgan fingerprint density at radius 2 is 1.92 bits per heavy atom. The van der Waals surface area contributed by atoms with Gasteiger partial charge < -0.3 is 31.7 Å². The van der Waals surface area contributed by atoms with Crippen molar-refractivity contribution in [1.82, 2.24) is 10.2 Å². The molecular formula is C19H31KN3O3-. The molecule has 142 valence electrons. The van der Waals surface area contributed by atoms with Crippen molar-refractivity contribution in [2.45, 2.75) is 32.7 Å². The van der Waals surface area contributed by atoms with Gasteiger partial charge in [0.15, 0.2) is 0 Å². The minimum Gasteiger partial charge on any atom is -0.659 e. The number of carbonyl (C=O) groups excluding carboxylic acids is 1. The van der Waals surface area contributed by atoms with E-state index in [0.29, 0.717) is 13.1 Å². The Kier molecular flexibility index (Phi) is 15.0. The number of nitrogens with one attached hydrogen (secondary N) is 1. The van der Waals surface area contributed by atoms with Gasteiger partial charge in [0.1, 0.15) is 0 Å². The molecule has 1 aliphatic heterocycles. The van der Waals surface area contributed by atoms with Crippen molar-refractivity contribution >= 4 is 6.03 Å². The van der Waals surface area contributed by atoms with Crippen LogP contribution >= 0.6 is 0 Å². The maximum atomic E-state index is 11.8. The van der Waals surface area contributed by atoms with Gasteiger partial charge in [-0.3, -0.25) is 0 Å². The van der Waals surface area contributed by atoms with Crippen LogP contribution in [0.2, 0.25) is 0 Å². The van der Waals surface area contributed by atoms with E-state index in [-0.39, 0.29) is 76.7 Å². The maximum absolute atomic E-state index is 11.8. The second-order valence-corrected chi connectivity index (χ2v) is 6.16. The van der Waals surface area contributed by atoms with Crippen LogP contribution in [0, 0.1) is 12.8 Å². The second-order valence-electron chi connectivity index (χ2n) is 6.16. The summed E-state index contributed by atoms with van der Waals surface area (Å²) in [5, 5.41) is 23.8. The molecule has 6 nitrogen and oxygen atoms in total. The zero-order chi connectivity index (χ0) is 18.7. The molecule has 1 heterocycles. The third-order valence-electron chi connectivity index (χ3n) is 4.28. The topological polar surface area (TPSA) is 86.9 Å². The maximum Gasteiger partial charge on any atom is 1.00 e. The minimum atomic E-state index is -0.0202. The van der Waals surface area contributed by atoms with Gasteiger partial charge >= 0.3 is 57.4 Å².